The Morgan fingerprint density at radius 2 is 2.21 bits per heavy atom. The Kier molecular flexibility index (Phi) is 5.06. The van der Waals surface area contributed by atoms with Crippen molar-refractivity contribution in [2.24, 2.45) is 7.05 Å². The molecule has 1 aliphatic rings. The van der Waals surface area contributed by atoms with Crippen LogP contribution in [0.2, 0.25) is 0 Å². The molecule has 1 aromatic heterocycles. The number of fused-ring (bicyclic) bond motifs is 1. The number of methoxy groups -OCH3 is 2. The Balaban J connectivity index is 1.71. The lowest BCUT2D eigenvalue weighted by atomic mass is 9.92. The maximum Gasteiger partial charge on any atom is 0.124 e. The minimum atomic E-state index is -0.669. The fraction of sp³-hybridized carbons (Fsp3) is 0.500. The van der Waals surface area contributed by atoms with Gasteiger partial charge < -0.3 is 19.9 Å². The Hall–Kier alpha value is -2.05. The topological polar surface area (TPSA) is 68.5 Å². The van der Waals surface area contributed by atoms with Gasteiger partial charge in [-0.25, -0.2) is 0 Å². The van der Waals surface area contributed by atoms with Crippen LogP contribution in [0.5, 0.6) is 11.5 Å². The summed E-state index contributed by atoms with van der Waals surface area (Å²) in [6.45, 7) is 0.447. The molecule has 0 spiro atoms. The predicted molar refractivity (Wildman–Crippen MR) is 91.4 cm³/mol. The van der Waals surface area contributed by atoms with Gasteiger partial charge in [0.1, 0.15) is 11.5 Å². The van der Waals surface area contributed by atoms with E-state index in [1.807, 2.05) is 36.1 Å². The second kappa shape index (κ2) is 7.23. The van der Waals surface area contributed by atoms with E-state index in [1.165, 1.54) is 11.3 Å². The van der Waals surface area contributed by atoms with Crippen LogP contribution in [0.4, 0.5) is 0 Å². The highest BCUT2D eigenvalue weighted by atomic mass is 16.5. The third-order valence-electron chi connectivity index (χ3n) is 4.73. The van der Waals surface area contributed by atoms with Gasteiger partial charge in [0, 0.05) is 36.5 Å². The van der Waals surface area contributed by atoms with Crippen molar-refractivity contribution < 1.29 is 14.6 Å². The number of benzene rings is 1. The first kappa shape index (κ1) is 16.8. The van der Waals surface area contributed by atoms with E-state index in [0.717, 1.165) is 24.8 Å². The summed E-state index contributed by atoms with van der Waals surface area (Å²) in [6.07, 6.45) is 4.52. The van der Waals surface area contributed by atoms with Crippen molar-refractivity contribution >= 4 is 0 Å². The summed E-state index contributed by atoms with van der Waals surface area (Å²) in [5.74, 6) is 1.37. The summed E-state index contributed by atoms with van der Waals surface area (Å²) in [6, 6.07) is 5.69. The summed E-state index contributed by atoms with van der Waals surface area (Å²) in [7, 11) is 5.20. The minimum absolute atomic E-state index is 0.230. The smallest absolute Gasteiger partial charge is 0.124 e. The first-order chi connectivity index (χ1) is 11.6. The Morgan fingerprint density at radius 1 is 1.38 bits per heavy atom. The van der Waals surface area contributed by atoms with Gasteiger partial charge in [-0.1, -0.05) is 0 Å². The molecule has 1 aliphatic carbocycles. The van der Waals surface area contributed by atoms with E-state index in [-0.39, 0.29) is 6.04 Å². The largest absolute Gasteiger partial charge is 0.497 e. The lowest BCUT2D eigenvalue weighted by Crippen LogP contribution is -2.29. The number of nitrogens with one attached hydrogen (secondary N) is 1. The highest BCUT2D eigenvalue weighted by Gasteiger charge is 2.24. The fourth-order valence-corrected chi connectivity index (χ4v) is 3.38. The lowest BCUT2D eigenvalue weighted by molar-refractivity contribution is 0.163. The molecule has 6 heteroatoms. The van der Waals surface area contributed by atoms with Crippen LogP contribution < -0.4 is 14.8 Å². The van der Waals surface area contributed by atoms with Crippen LogP contribution in [0.1, 0.15) is 41.8 Å². The molecule has 1 heterocycles. The first-order valence-corrected chi connectivity index (χ1v) is 8.28. The standard InChI is InChI=1S/C18H25N3O3/c1-21-16-6-4-5-15(14(16)10-20-21)19-11-17(22)13-9-12(23-2)7-8-18(13)24-3/h7-10,15,17,19,22H,4-6,11H2,1-3H3/t15-,17+/m1/s1. The van der Waals surface area contributed by atoms with Crippen LogP contribution in [-0.4, -0.2) is 35.7 Å². The molecule has 2 N–H and O–H groups in total. The summed E-state index contributed by atoms with van der Waals surface area (Å²) >= 11 is 0. The molecule has 0 amide bonds. The van der Waals surface area contributed by atoms with Crippen molar-refractivity contribution in [3.05, 3.63) is 41.2 Å². The molecule has 0 fully saturated rings. The number of aliphatic hydroxyl groups is 1. The second-order valence-corrected chi connectivity index (χ2v) is 6.15. The van der Waals surface area contributed by atoms with Gasteiger partial charge in [-0.3, -0.25) is 4.68 Å². The zero-order valence-electron chi connectivity index (χ0n) is 14.5. The van der Waals surface area contributed by atoms with Gasteiger partial charge in [0.05, 0.1) is 26.5 Å². The Labute approximate surface area is 142 Å². The third-order valence-corrected chi connectivity index (χ3v) is 4.73. The highest BCUT2D eigenvalue weighted by molar-refractivity contribution is 5.41. The normalized spacial score (nSPS) is 18.1. The maximum absolute atomic E-state index is 10.6. The average molecular weight is 331 g/mol. The monoisotopic (exact) mass is 331 g/mol. The first-order valence-electron chi connectivity index (χ1n) is 8.28. The van der Waals surface area contributed by atoms with Crippen molar-refractivity contribution in [2.75, 3.05) is 20.8 Å². The van der Waals surface area contributed by atoms with E-state index < -0.39 is 6.10 Å². The molecule has 0 radical (unpaired) electrons. The quantitative estimate of drug-likeness (QED) is 0.849. The number of nitrogens with zero attached hydrogens (tertiary/aromatic N) is 2. The van der Waals surface area contributed by atoms with Crippen LogP contribution >= 0.6 is 0 Å². The van der Waals surface area contributed by atoms with E-state index in [9.17, 15) is 5.11 Å². The third kappa shape index (κ3) is 3.25. The van der Waals surface area contributed by atoms with Crippen molar-refractivity contribution in [1.29, 1.82) is 0 Å². The molecule has 3 rings (SSSR count). The number of rotatable bonds is 6. The van der Waals surface area contributed by atoms with Crippen LogP contribution in [-0.2, 0) is 13.5 Å². The summed E-state index contributed by atoms with van der Waals surface area (Å²) in [5, 5.41) is 18.5. The Morgan fingerprint density at radius 3 is 2.96 bits per heavy atom. The average Bonchev–Trinajstić information content (AvgIpc) is 3.01. The predicted octanol–water partition coefficient (Wildman–Crippen LogP) is 2.14. The van der Waals surface area contributed by atoms with Gasteiger partial charge >= 0.3 is 0 Å². The zero-order chi connectivity index (χ0) is 17.1. The fourth-order valence-electron chi connectivity index (χ4n) is 3.38. The molecule has 2 aromatic rings. The van der Waals surface area contributed by atoms with Crippen molar-refractivity contribution in [1.82, 2.24) is 15.1 Å². The number of aliphatic hydroxyl groups excluding tert-OH is 1. The highest BCUT2D eigenvalue weighted by Crippen LogP contribution is 2.32. The van der Waals surface area contributed by atoms with E-state index in [1.54, 1.807) is 14.2 Å². The molecule has 6 nitrogen and oxygen atoms in total. The van der Waals surface area contributed by atoms with Gasteiger partial charge in [-0.2, -0.15) is 5.10 Å². The summed E-state index contributed by atoms with van der Waals surface area (Å²) in [4.78, 5) is 0. The van der Waals surface area contributed by atoms with Gasteiger partial charge in [0.2, 0.25) is 0 Å². The molecular formula is C18H25N3O3. The van der Waals surface area contributed by atoms with Crippen molar-refractivity contribution in [3.63, 3.8) is 0 Å². The summed E-state index contributed by atoms with van der Waals surface area (Å²) in [5.41, 5.74) is 3.26. The van der Waals surface area contributed by atoms with Crippen LogP contribution in [0.15, 0.2) is 24.4 Å². The minimum Gasteiger partial charge on any atom is -0.497 e. The molecule has 0 saturated heterocycles. The van der Waals surface area contributed by atoms with Gasteiger partial charge in [0.25, 0.3) is 0 Å². The molecule has 0 bridgehead atoms. The van der Waals surface area contributed by atoms with Crippen LogP contribution in [0.25, 0.3) is 0 Å². The number of aryl methyl sites for hydroxylation is 1. The van der Waals surface area contributed by atoms with Gasteiger partial charge in [0.15, 0.2) is 0 Å². The van der Waals surface area contributed by atoms with E-state index in [4.69, 9.17) is 9.47 Å². The zero-order valence-corrected chi connectivity index (χ0v) is 14.5. The molecule has 24 heavy (non-hydrogen) atoms. The van der Waals surface area contributed by atoms with Crippen LogP contribution in [0.3, 0.4) is 0 Å². The van der Waals surface area contributed by atoms with E-state index >= 15 is 0 Å². The van der Waals surface area contributed by atoms with E-state index in [2.05, 4.69) is 10.4 Å². The molecular weight excluding hydrogens is 306 g/mol. The van der Waals surface area contributed by atoms with E-state index in [0.29, 0.717) is 18.0 Å². The van der Waals surface area contributed by atoms with Gasteiger partial charge in [-0.05, 0) is 37.5 Å². The molecule has 1 aromatic carbocycles. The molecule has 130 valence electrons. The number of hydrogen-bond donors (Lipinski definition) is 2. The molecule has 2 atom stereocenters. The van der Waals surface area contributed by atoms with Crippen molar-refractivity contribution in [3.8, 4) is 11.5 Å². The lowest BCUT2D eigenvalue weighted by Gasteiger charge is -2.25. The molecule has 0 unspecified atom stereocenters. The van der Waals surface area contributed by atoms with Crippen molar-refractivity contribution in [2.45, 2.75) is 31.4 Å². The number of aromatic nitrogens is 2. The van der Waals surface area contributed by atoms with Gasteiger partial charge in [-0.15, -0.1) is 0 Å². The van der Waals surface area contributed by atoms with Crippen LogP contribution in [0, 0.1) is 0 Å². The SMILES string of the molecule is COc1ccc(OC)c([C@@H](O)CN[C@@H]2CCCc3c2cnn3C)c1. The second-order valence-electron chi connectivity index (χ2n) is 6.15. The maximum atomic E-state index is 10.6. The molecule has 0 saturated carbocycles. The molecule has 0 aliphatic heterocycles. The summed E-state index contributed by atoms with van der Waals surface area (Å²) < 4.78 is 12.6. The number of hydrogen-bond acceptors (Lipinski definition) is 5. The Bertz CT molecular complexity index is 699. The number of ether oxygens (including phenoxy) is 2.